The first-order valence-electron chi connectivity index (χ1n) is 5.58. The van der Waals surface area contributed by atoms with E-state index in [-0.39, 0.29) is 0 Å². The molecule has 0 aromatic heterocycles. The monoisotopic (exact) mass is 314 g/mol. The van der Waals surface area contributed by atoms with Gasteiger partial charge in [0, 0.05) is 0 Å². The number of hydrogen-bond donors (Lipinski definition) is 4. The molecule has 10 heteroatoms. The van der Waals surface area contributed by atoms with Crippen LogP contribution in [0.15, 0.2) is 0 Å². The highest BCUT2D eigenvalue weighted by molar-refractivity contribution is 7.79. The molecule has 0 aliphatic rings. The highest BCUT2D eigenvalue weighted by Gasteiger charge is 1.86. The van der Waals surface area contributed by atoms with Crippen molar-refractivity contribution in [1.82, 2.24) is 0 Å². The van der Waals surface area contributed by atoms with Gasteiger partial charge in [0.1, 0.15) is 0 Å². The van der Waals surface area contributed by atoms with Crippen LogP contribution in [0.25, 0.3) is 0 Å². The van der Waals surface area contributed by atoms with Crippen LogP contribution in [0, 0.1) is 0 Å². The molecular weight excluding hydrogens is 289 g/mol. The van der Waals surface area contributed by atoms with E-state index in [1.54, 1.807) is 0 Å². The molecule has 0 aliphatic heterocycles. The van der Waals surface area contributed by atoms with E-state index < -0.39 is 17.1 Å². The highest BCUT2D eigenvalue weighted by Crippen LogP contribution is 1.87. The molecule has 0 unspecified atom stereocenters. The van der Waals surface area contributed by atoms with E-state index in [0.29, 0.717) is 0 Å². The van der Waals surface area contributed by atoms with Crippen molar-refractivity contribution in [3.05, 3.63) is 0 Å². The van der Waals surface area contributed by atoms with Gasteiger partial charge < -0.3 is 11.5 Å². The van der Waals surface area contributed by atoms with Gasteiger partial charge in [0.25, 0.3) is 0 Å². The minimum atomic E-state index is -4.67. The van der Waals surface area contributed by atoms with Crippen LogP contribution in [0.5, 0.6) is 0 Å². The molecule has 0 rings (SSSR count). The molecule has 0 saturated carbocycles. The van der Waals surface area contributed by atoms with Crippen molar-refractivity contribution >= 4 is 10.4 Å². The molecule has 0 aliphatic carbocycles. The lowest BCUT2D eigenvalue weighted by molar-refractivity contribution is 0.00819. The Hall–Kier alpha value is -0.420. The average molecular weight is 314 g/mol. The van der Waals surface area contributed by atoms with E-state index in [9.17, 15) is 13.2 Å². The maximum Gasteiger partial charge on any atom is 0.394 e. The van der Waals surface area contributed by atoms with Crippen molar-refractivity contribution in [2.24, 2.45) is 11.5 Å². The molecule has 6 N–H and O–H groups in total. The minimum Gasteiger partial charge on any atom is -0.330 e. The van der Waals surface area contributed by atoms with Crippen molar-refractivity contribution in [2.45, 2.75) is 46.2 Å². The maximum absolute atomic E-state index is 9.67. The fraction of sp³-hybridized carbons (Fsp3) is 1.00. The molecule has 0 amide bonds. The van der Waals surface area contributed by atoms with Gasteiger partial charge in [-0.25, -0.2) is 0 Å². The number of unbranched alkanes of at least 4 members (excludes halogenated alkanes) is 2. The molecule has 0 aromatic carbocycles. The zero-order valence-corrected chi connectivity index (χ0v) is 12.0. The third-order valence-corrected chi connectivity index (χ3v) is 1.12. The zero-order valence-electron chi connectivity index (χ0n) is 11.2. The lowest BCUT2D eigenvalue weighted by Crippen LogP contribution is -1.95. The van der Waals surface area contributed by atoms with Crippen molar-refractivity contribution in [1.29, 1.82) is 0 Å². The van der Waals surface area contributed by atoms with E-state index in [4.69, 9.17) is 29.0 Å². The van der Waals surface area contributed by atoms with E-state index in [1.165, 1.54) is 25.7 Å². The SMILES string of the molecule is CCCCN.CCCCN.FC(F)F.O=S(=O)(O)O. The molecule has 0 fully saturated rings. The molecule has 122 valence electrons. The van der Waals surface area contributed by atoms with Crippen LogP contribution in [0.2, 0.25) is 0 Å². The summed E-state index contributed by atoms with van der Waals surface area (Å²) in [5, 5.41) is 0. The van der Waals surface area contributed by atoms with Crippen LogP contribution < -0.4 is 11.5 Å². The summed E-state index contributed by atoms with van der Waals surface area (Å²) in [6.07, 6.45) is 4.77. The highest BCUT2D eigenvalue weighted by atomic mass is 32.3. The summed E-state index contributed by atoms with van der Waals surface area (Å²) in [5.74, 6) is 0. The van der Waals surface area contributed by atoms with Crippen LogP contribution in [0.1, 0.15) is 39.5 Å². The van der Waals surface area contributed by atoms with Crippen LogP contribution >= 0.6 is 0 Å². The molecular formula is C9H25F3N2O4S. The summed E-state index contributed by atoms with van der Waals surface area (Å²) in [7, 11) is -4.67. The zero-order chi connectivity index (χ0) is 16.3. The fourth-order valence-electron chi connectivity index (χ4n) is 0.408. The smallest absolute Gasteiger partial charge is 0.330 e. The first-order chi connectivity index (χ1) is 8.56. The van der Waals surface area contributed by atoms with Crippen molar-refractivity contribution in [3.8, 4) is 0 Å². The van der Waals surface area contributed by atoms with E-state index in [1.807, 2.05) is 0 Å². The Kier molecular flexibility index (Phi) is 32.3. The summed E-state index contributed by atoms with van der Waals surface area (Å²) in [6, 6.07) is 0. The first kappa shape index (κ1) is 27.0. The Morgan fingerprint density at radius 1 is 0.947 bits per heavy atom. The second-order valence-corrected chi connectivity index (χ2v) is 3.88. The maximum atomic E-state index is 9.67. The predicted octanol–water partition coefficient (Wildman–Crippen LogP) is 2.02. The van der Waals surface area contributed by atoms with Gasteiger partial charge in [0.15, 0.2) is 0 Å². The molecule has 0 atom stereocenters. The van der Waals surface area contributed by atoms with Gasteiger partial charge >= 0.3 is 17.1 Å². The van der Waals surface area contributed by atoms with Crippen LogP contribution in [-0.4, -0.2) is 37.3 Å². The Morgan fingerprint density at radius 2 is 1.11 bits per heavy atom. The fourth-order valence-corrected chi connectivity index (χ4v) is 0.408. The molecule has 0 saturated heterocycles. The number of hydrogen-bond acceptors (Lipinski definition) is 4. The van der Waals surface area contributed by atoms with Crippen LogP contribution in [0.3, 0.4) is 0 Å². The lowest BCUT2D eigenvalue weighted by Gasteiger charge is -1.80. The predicted molar refractivity (Wildman–Crippen MR) is 69.2 cm³/mol. The third-order valence-electron chi connectivity index (χ3n) is 1.12. The number of alkyl halides is 3. The molecule has 0 aromatic rings. The largest absolute Gasteiger partial charge is 0.394 e. The average Bonchev–Trinajstić information content (AvgIpc) is 2.17. The number of rotatable bonds is 4. The van der Waals surface area contributed by atoms with E-state index in [0.717, 1.165) is 13.1 Å². The van der Waals surface area contributed by atoms with Crippen LogP contribution in [-0.2, 0) is 10.4 Å². The summed E-state index contributed by atoms with van der Waals surface area (Å²) >= 11 is 0. The van der Waals surface area contributed by atoms with Crippen molar-refractivity contribution < 1.29 is 30.7 Å². The first-order valence-corrected chi connectivity index (χ1v) is 6.98. The third kappa shape index (κ3) is 333. The van der Waals surface area contributed by atoms with Gasteiger partial charge in [-0.15, -0.1) is 0 Å². The van der Waals surface area contributed by atoms with Gasteiger partial charge in [-0.1, -0.05) is 26.7 Å². The van der Waals surface area contributed by atoms with Gasteiger partial charge in [-0.05, 0) is 25.9 Å². The van der Waals surface area contributed by atoms with Gasteiger partial charge in [0.05, 0.1) is 0 Å². The van der Waals surface area contributed by atoms with E-state index in [2.05, 4.69) is 13.8 Å². The van der Waals surface area contributed by atoms with Gasteiger partial charge in [0.2, 0.25) is 0 Å². The minimum absolute atomic E-state index is 0.844. The van der Waals surface area contributed by atoms with Crippen molar-refractivity contribution in [3.63, 3.8) is 0 Å². The molecule has 0 bridgehead atoms. The Labute approximate surface area is 112 Å². The number of halogens is 3. The second-order valence-electron chi connectivity index (χ2n) is 2.98. The Balaban J connectivity index is -0.0000000793. The quantitative estimate of drug-likeness (QED) is 0.588. The van der Waals surface area contributed by atoms with Gasteiger partial charge in [-0.3, -0.25) is 9.11 Å². The summed E-state index contributed by atoms with van der Waals surface area (Å²) in [4.78, 5) is 0. The Bertz CT molecular complexity index is 209. The molecule has 0 heterocycles. The number of nitrogens with two attached hydrogens (primary N) is 2. The Morgan fingerprint density at radius 3 is 1.11 bits per heavy atom. The standard InChI is InChI=1S/2C4H11N.CHF3.H2O4S/c2*1-2-3-4-5;2-1(3)4;1-5(2,3)4/h2*2-5H2,1H3;1H;(H2,1,2,3,4). The van der Waals surface area contributed by atoms with Gasteiger partial charge in [-0.2, -0.15) is 21.6 Å². The second kappa shape index (κ2) is 22.7. The summed E-state index contributed by atoms with van der Waals surface area (Å²) < 4.78 is 60.6. The molecule has 0 radical (unpaired) electrons. The topological polar surface area (TPSA) is 127 Å². The van der Waals surface area contributed by atoms with Crippen molar-refractivity contribution in [2.75, 3.05) is 13.1 Å². The summed E-state index contributed by atoms with van der Waals surface area (Å²) in [6.45, 7) is 2.28. The molecule has 0 spiro atoms. The summed E-state index contributed by atoms with van der Waals surface area (Å²) in [5.41, 5.74) is 10.3. The lowest BCUT2D eigenvalue weighted by atomic mass is 10.3. The normalized spacial score (nSPS) is 9.37. The molecule has 19 heavy (non-hydrogen) atoms. The molecule has 6 nitrogen and oxygen atoms in total. The van der Waals surface area contributed by atoms with E-state index >= 15 is 0 Å². The van der Waals surface area contributed by atoms with Crippen LogP contribution in [0.4, 0.5) is 13.2 Å².